The summed E-state index contributed by atoms with van der Waals surface area (Å²) in [7, 11) is 0. The fraction of sp³-hybridized carbons (Fsp3) is 0.278. The van der Waals surface area contributed by atoms with Crippen LogP contribution in [0.4, 0.5) is 10.5 Å². The SMILES string of the molecule is C=CCN1CC(=O)N(c2ccc(C(C)=NOCC=CC)cc2)C1=O. The molecule has 1 aliphatic rings. The number of urea groups is 1. The number of amides is 3. The van der Waals surface area contributed by atoms with E-state index in [9.17, 15) is 9.59 Å². The Bertz CT molecular complexity index is 677. The molecule has 0 radical (unpaired) electrons. The van der Waals surface area contributed by atoms with E-state index in [2.05, 4.69) is 11.7 Å². The first-order valence-electron chi connectivity index (χ1n) is 7.69. The molecule has 24 heavy (non-hydrogen) atoms. The topological polar surface area (TPSA) is 62.2 Å². The number of carbonyl (C=O) groups excluding carboxylic acids is 2. The molecule has 0 aromatic heterocycles. The van der Waals surface area contributed by atoms with Crippen molar-refractivity contribution in [2.75, 3.05) is 24.6 Å². The number of carbonyl (C=O) groups is 2. The van der Waals surface area contributed by atoms with Gasteiger partial charge in [-0.3, -0.25) is 4.79 Å². The molecule has 126 valence electrons. The monoisotopic (exact) mass is 327 g/mol. The lowest BCUT2D eigenvalue weighted by Gasteiger charge is -2.16. The van der Waals surface area contributed by atoms with Gasteiger partial charge in [-0.1, -0.05) is 29.4 Å². The van der Waals surface area contributed by atoms with E-state index in [-0.39, 0.29) is 18.5 Å². The third-order valence-electron chi connectivity index (χ3n) is 3.54. The molecule has 0 bridgehead atoms. The molecule has 6 nitrogen and oxygen atoms in total. The van der Waals surface area contributed by atoms with Crippen LogP contribution in [0, 0.1) is 0 Å². The molecule has 0 spiro atoms. The number of rotatable bonds is 7. The number of anilines is 1. The second-order valence-electron chi connectivity index (χ2n) is 5.27. The highest BCUT2D eigenvalue weighted by atomic mass is 16.6. The third-order valence-corrected chi connectivity index (χ3v) is 3.54. The van der Waals surface area contributed by atoms with Gasteiger partial charge in [0.15, 0.2) is 0 Å². The number of nitrogens with zero attached hydrogens (tertiary/aromatic N) is 3. The van der Waals surface area contributed by atoms with Gasteiger partial charge in [-0.25, -0.2) is 9.69 Å². The summed E-state index contributed by atoms with van der Waals surface area (Å²) in [6, 6.07) is 6.75. The van der Waals surface area contributed by atoms with E-state index < -0.39 is 0 Å². The summed E-state index contributed by atoms with van der Waals surface area (Å²) in [4.78, 5) is 32.1. The van der Waals surface area contributed by atoms with Crippen LogP contribution in [0.5, 0.6) is 0 Å². The Balaban J connectivity index is 2.10. The second kappa shape index (κ2) is 8.10. The molecule has 0 atom stereocenters. The van der Waals surface area contributed by atoms with Crippen LogP contribution in [-0.2, 0) is 9.63 Å². The average Bonchev–Trinajstić information content (AvgIpc) is 2.86. The van der Waals surface area contributed by atoms with E-state index >= 15 is 0 Å². The van der Waals surface area contributed by atoms with Crippen molar-refractivity contribution in [1.29, 1.82) is 0 Å². The Morgan fingerprint density at radius 1 is 1.33 bits per heavy atom. The summed E-state index contributed by atoms with van der Waals surface area (Å²) in [5, 5.41) is 4.02. The van der Waals surface area contributed by atoms with Crippen LogP contribution in [0.3, 0.4) is 0 Å². The zero-order valence-corrected chi connectivity index (χ0v) is 13.9. The minimum Gasteiger partial charge on any atom is -0.391 e. The Morgan fingerprint density at radius 2 is 2.04 bits per heavy atom. The molecule has 0 aliphatic carbocycles. The second-order valence-corrected chi connectivity index (χ2v) is 5.27. The van der Waals surface area contributed by atoms with Crippen LogP contribution in [0.1, 0.15) is 19.4 Å². The predicted octanol–water partition coefficient (Wildman–Crippen LogP) is 2.96. The molecule has 0 N–H and O–H groups in total. The maximum Gasteiger partial charge on any atom is 0.332 e. The van der Waals surface area contributed by atoms with E-state index in [4.69, 9.17) is 4.84 Å². The van der Waals surface area contributed by atoms with Gasteiger partial charge in [0, 0.05) is 6.54 Å². The Morgan fingerprint density at radius 3 is 2.67 bits per heavy atom. The number of benzene rings is 1. The van der Waals surface area contributed by atoms with E-state index in [1.165, 1.54) is 9.80 Å². The molecule has 1 aromatic carbocycles. The summed E-state index contributed by atoms with van der Waals surface area (Å²) in [5.74, 6) is -0.241. The molecule has 1 fully saturated rings. The van der Waals surface area contributed by atoms with Crippen LogP contribution in [0.25, 0.3) is 0 Å². The zero-order chi connectivity index (χ0) is 17.5. The summed E-state index contributed by atoms with van der Waals surface area (Å²) >= 11 is 0. The highest BCUT2D eigenvalue weighted by Crippen LogP contribution is 2.22. The molecule has 1 saturated heterocycles. The molecule has 3 amide bonds. The summed E-state index contributed by atoms with van der Waals surface area (Å²) < 4.78 is 0. The average molecular weight is 327 g/mol. The lowest BCUT2D eigenvalue weighted by molar-refractivity contribution is -0.116. The van der Waals surface area contributed by atoms with Gasteiger partial charge in [0.05, 0.1) is 11.4 Å². The summed E-state index contributed by atoms with van der Waals surface area (Å²) in [6.45, 7) is 8.19. The van der Waals surface area contributed by atoms with Gasteiger partial charge in [0.1, 0.15) is 13.2 Å². The number of oxime groups is 1. The first kappa shape index (κ1) is 17.5. The smallest absolute Gasteiger partial charge is 0.332 e. The van der Waals surface area contributed by atoms with E-state index in [0.29, 0.717) is 18.8 Å². The van der Waals surface area contributed by atoms with Gasteiger partial charge >= 0.3 is 6.03 Å². The normalized spacial score (nSPS) is 15.5. The zero-order valence-electron chi connectivity index (χ0n) is 13.9. The first-order valence-corrected chi connectivity index (χ1v) is 7.69. The summed E-state index contributed by atoms with van der Waals surface area (Å²) in [5.41, 5.74) is 2.13. The van der Waals surface area contributed by atoms with E-state index in [0.717, 1.165) is 11.3 Å². The third kappa shape index (κ3) is 3.90. The lowest BCUT2D eigenvalue weighted by atomic mass is 10.1. The van der Waals surface area contributed by atoms with Crippen molar-refractivity contribution in [3.05, 3.63) is 54.6 Å². The minimum atomic E-state index is -0.326. The largest absolute Gasteiger partial charge is 0.391 e. The highest BCUT2D eigenvalue weighted by Gasteiger charge is 2.36. The quantitative estimate of drug-likeness (QED) is 0.254. The number of allylic oxidation sites excluding steroid dienone is 1. The van der Waals surface area contributed by atoms with Gasteiger partial charge in [-0.2, -0.15) is 0 Å². The molecule has 2 rings (SSSR count). The maximum atomic E-state index is 12.3. The fourth-order valence-electron chi connectivity index (χ4n) is 2.28. The number of hydrogen-bond donors (Lipinski definition) is 0. The predicted molar refractivity (Wildman–Crippen MR) is 94.1 cm³/mol. The highest BCUT2D eigenvalue weighted by molar-refractivity contribution is 6.19. The molecule has 6 heteroatoms. The van der Waals surface area contributed by atoms with Gasteiger partial charge in [0.25, 0.3) is 5.91 Å². The minimum absolute atomic E-state index is 0.0753. The number of hydrogen-bond acceptors (Lipinski definition) is 4. The molecule has 1 aromatic rings. The molecular formula is C18H21N3O3. The lowest BCUT2D eigenvalue weighted by Crippen LogP contribution is -2.33. The molecule has 0 unspecified atom stereocenters. The van der Waals surface area contributed by atoms with Crippen molar-refractivity contribution in [2.45, 2.75) is 13.8 Å². The van der Waals surface area contributed by atoms with Crippen molar-refractivity contribution in [3.63, 3.8) is 0 Å². The Hall–Kier alpha value is -2.89. The van der Waals surface area contributed by atoms with Crippen LogP contribution >= 0.6 is 0 Å². The molecule has 1 aliphatic heterocycles. The maximum absolute atomic E-state index is 12.3. The fourth-order valence-corrected chi connectivity index (χ4v) is 2.28. The van der Waals surface area contributed by atoms with E-state index in [1.54, 1.807) is 18.2 Å². The van der Waals surface area contributed by atoms with Crippen molar-refractivity contribution in [3.8, 4) is 0 Å². The number of imide groups is 1. The van der Waals surface area contributed by atoms with Gasteiger partial charge in [-0.15, -0.1) is 6.58 Å². The van der Waals surface area contributed by atoms with Gasteiger partial charge in [0.2, 0.25) is 0 Å². The molecule has 0 saturated carbocycles. The van der Waals surface area contributed by atoms with Crippen molar-refractivity contribution in [2.24, 2.45) is 5.16 Å². The molecular weight excluding hydrogens is 306 g/mol. The summed E-state index contributed by atoms with van der Waals surface area (Å²) in [6.07, 6.45) is 5.35. The van der Waals surface area contributed by atoms with Crippen LogP contribution in [0.2, 0.25) is 0 Å². The van der Waals surface area contributed by atoms with E-state index in [1.807, 2.05) is 38.1 Å². The van der Waals surface area contributed by atoms with Crippen LogP contribution < -0.4 is 4.90 Å². The van der Waals surface area contributed by atoms with Crippen molar-refractivity contribution < 1.29 is 14.4 Å². The molecule has 1 heterocycles. The van der Waals surface area contributed by atoms with Gasteiger partial charge in [-0.05, 0) is 37.6 Å². The van der Waals surface area contributed by atoms with Crippen LogP contribution in [-0.4, -0.2) is 42.2 Å². The first-order chi connectivity index (χ1) is 11.6. The van der Waals surface area contributed by atoms with Crippen LogP contribution in [0.15, 0.2) is 54.2 Å². The van der Waals surface area contributed by atoms with Crippen molar-refractivity contribution in [1.82, 2.24) is 4.90 Å². The van der Waals surface area contributed by atoms with Crippen molar-refractivity contribution >= 4 is 23.3 Å². The Kier molecular flexibility index (Phi) is 5.89. The Labute approximate surface area is 141 Å². The van der Waals surface area contributed by atoms with Gasteiger partial charge < -0.3 is 9.74 Å². The standard InChI is InChI=1S/C18H21N3O3/c1-4-6-12-24-19-14(3)15-7-9-16(10-8-15)21-17(22)13-20(11-5-2)18(21)23/h4-10H,2,11-13H2,1,3H3.